The molecule has 2 N–H and O–H groups in total. The number of guanidine groups is 1. The molecule has 1 aromatic rings. The predicted octanol–water partition coefficient (Wildman–Crippen LogP) is 2.22. The number of likely N-dealkylation sites (tertiary alicyclic amines) is 1. The first-order chi connectivity index (χ1) is 13.3. The van der Waals surface area contributed by atoms with Crippen LogP contribution in [0, 0.1) is 5.92 Å². The zero-order chi connectivity index (χ0) is 20.7. The number of nitrogens with one attached hydrogen (secondary N) is 2. The van der Waals surface area contributed by atoms with E-state index in [9.17, 15) is 13.6 Å². The molecule has 1 unspecified atom stereocenters. The first-order valence-corrected chi connectivity index (χ1v) is 9.21. The van der Waals surface area contributed by atoms with Crippen LogP contribution in [0.25, 0.3) is 0 Å². The number of halogens is 2. The van der Waals surface area contributed by atoms with E-state index < -0.39 is 6.61 Å². The van der Waals surface area contributed by atoms with Crippen LogP contribution in [0.15, 0.2) is 23.2 Å². The van der Waals surface area contributed by atoms with Crippen molar-refractivity contribution in [3.8, 4) is 11.5 Å². The molecule has 0 bridgehead atoms. The SMILES string of the molecule is CN=C(NCc1ccc(OC)cc1OC(F)F)NC1CCN(C(=O)C(C)C)C1. The number of nitrogens with zero attached hydrogens (tertiary/aromatic N) is 2. The summed E-state index contributed by atoms with van der Waals surface area (Å²) in [5.74, 6) is 1.12. The molecule has 2 rings (SSSR count). The Labute approximate surface area is 164 Å². The van der Waals surface area contributed by atoms with Crippen molar-refractivity contribution in [2.45, 2.75) is 39.5 Å². The summed E-state index contributed by atoms with van der Waals surface area (Å²) in [5.41, 5.74) is 0.548. The van der Waals surface area contributed by atoms with Crippen LogP contribution in [0.3, 0.4) is 0 Å². The molecule has 0 spiro atoms. The van der Waals surface area contributed by atoms with Crippen LogP contribution in [0.1, 0.15) is 25.8 Å². The third kappa shape index (κ3) is 5.97. The lowest BCUT2D eigenvalue weighted by molar-refractivity contribution is -0.133. The maximum Gasteiger partial charge on any atom is 0.387 e. The van der Waals surface area contributed by atoms with E-state index in [2.05, 4.69) is 20.4 Å². The van der Waals surface area contributed by atoms with Crippen LogP contribution in [0.5, 0.6) is 11.5 Å². The quantitative estimate of drug-likeness (QED) is 0.544. The molecule has 28 heavy (non-hydrogen) atoms. The Morgan fingerprint density at radius 3 is 2.75 bits per heavy atom. The molecular formula is C19H28F2N4O3. The maximum atomic E-state index is 12.7. The van der Waals surface area contributed by atoms with Crippen molar-refractivity contribution >= 4 is 11.9 Å². The number of ether oxygens (including phenoxy) is 2. The number of carbonyl (C=O) groups is 1. The highest BCUT2D eigenvalue weighted by molar-refractivity contribution is 5.81. The van der Waals surface area contributed by atoms with E-state index in [1.165, 1.54) is 13.2 Å². The fourth-order valence-corrected chi connectivity index (χ4v) is 3.02. The maximum absolute atomic E-state index is 12.7. The monoisotopic (exact) mass is 398 g/mol. The number of rotatable bonds is 7. The fourth-order valence-electron chi connectivity index (χ4n) is 3.02. The Kier molecular flexibility index (Phi) is 7.83. The second-order valence-corrected chi connectivity index (χ2v) is 6.85. The topological polar surface area (TPSA) is 75.2 Å². The van der Waals surface area contributed by atoms with Gasteiger partial charge in [-0.05, 0) is 18.6 Å². The third-order valence-electron chi connectivity index (χ3n) is 4.49. The van der Waals surface area contributed by atoms with E-state index in [0.29, 0.717) is 30.4 Å². The minimum Gasteiger partial charge on any atom is -0.497 e. The van der Waals surface area contributed by atoms with E-state index in [1.54, 1.807) is 19.2 Å². The van der Waals surface area contributed by atoms with Crippen LogP contribution in [0.4, 0.5) is 8.78 Å². The molecule has 0 aromatic heterocycles. The molecule has 1 saturated heterocycles. The molecule has 156 valence electrons. The van der Waals surface area contributed by atoms with Crippen molar-refractivity contribution in [2.75, 3.05) is 27.2 Å². The average molecular weight is 398 g/mol. The summed E-state index contributed by atoms with van der Waals surface area (Å²) in [4.78, 5) is 18.1. The Morgan fingerprint density at radius 2 is 2.14 bits per heavy atom. The van der Waals surface area contributed by atoms with Gasteiger partial charge in [0.2, 0.25) is 5.91 Å². The van der Waals surface area contributed by atoms with E-state index in [4.69, 9.17) is 4.74 Å². The summed E-state index contributed by atoms with van der Waals surface area (Å²) in [6, 6.07) is 4.85. The molecule has 0 saturated carbocycles. The van der Waals surface area contributed by atoms with Crippen molar-refractivity contribution in [1.82, 2.24) is 15.5 Å². The molecule has 7 nitrogen and oxygen atoms in total. The van der Waals surface area contributed by atoms with Gasteiger partial charge in [0.25, 0.3) is 0 Å². The molecule has 1 fully saturated rings. The zero-order valence-corrected chi connectivity index (χ0v) is 16.7. The molecule has 1 atom stereocenters. The van der Waals surface area contributed by atoms with Gasteiger partial charge in [-0.3, -0.25) is 9.79 Å². The van der Waals surface area contributed by atoms with Gasteiger partial charge in [-0.1, -0.05) is 13.8 Å². The second-order valence-electron chi connectivity index (χ2n) is 6.85. The van der Waals surface area contributed by atoms with Gasteiger partial charge in [0, 0.05) is 50.3 Å². The predicted molar refractivity (Wildman–Crippen MR) is 103 cm³/mol. The van der Waals surface area contributed by atoms with Crippen molar-refractivity contribution in [1.29, 1.82) is 0 Å². The van der Waals surface area contributed by atoms with Crippen molar-refractivity contribution in [3.05, 3.63) is 23.8 Å². The Morgan fingerprint density at radius 1 is 1.39 bits per heavy atom. The molecular weight excluding hydrogens is 370 g/mol. The van der Waals surface area contributed by atoms with Gasteiger partial charge < -0.3 is 25.0 Å². The summed E-state index contributed by atoms with van der Waals surface area (Å²) < 4.78 is 35.0. The van der Waals surface area contributed by atoms with Crippen LogP contribution in [-0.4, -0.2) is 56.7 Å². The van der Waals surface area contributed by atoms with Gasteiger partial charge in [-0.15, -0.1) is 0 Å². The second kappa shape index (κ2) is 10.1. The van der Waals surface area contributed by atoms with Crippen molar-refractivity contribution in [2.24, 2.45) is 10.9 Å². The summed E-state index contributed by atoms with van der Waals surface area (Å²) in [5, 5.41) is 6.37. The lowest BCUT2D eigenvalue weighted by Gasteiger charge is -2.20. The van der Waals surface area contributed by atoms with Gasteiger partial charge in [0.05, 0.1) is 7.11 Å². The van der Waals surface area contributed by atoms with Crippen LogP contribution < -0.4 is 20.1 Å². The summed E-state index contributed by atoms with van der Waals surface area (Å²) in [6.45, 7) is 2.41. The number of aliphatic imine (C=N–C) groups is 1. The van der Waals surface area contributed by atoms with Crippen molar-refractivity contribution in [3.63, 3.8) is 0 Å². The van der Waals surface area contributed by atoms with Gasteiger partial charge in [0.15, 0.2) is 5.96 Å². The first kappa shape index (κ1) is 21.7. The molecule has 1 heterocycles. The molecule has 1 aliphatic heterocycles. The van der Waals surface area contributed by atoms with Gasteiger partial charge in [-0.2, -0.15) is 8.78 Å². The number of methoxy groups -OCH3 is 1. The number of amides is 1. The number of alkyl halides is 2. The Balaban J connectivity index is 1.95. The molecule has 1 aliphatic rings. The first-order valence-electron chi connectivity index (χ1n) is 9.21. The highest BCUT2D eigenvalue weighted by atomic mass is 19.3. The van der Waals surface area contributed by atoms with Gasteiger partial charge >= 0.3 is 6.61 Å². The molecule has 1 amide bonds. The van der Waals surface area contributed by atoms with E-state index in [1.807, 2.05) is 18.7 Å². The molecule has 1 aromatic carbocycles. The zero-order valence-electron chi connectivity index (χ0n) is 16.7. The third-order valence-corrected chi connectivity index (χ3v) is 4.49. The Hall–Kier alpha value is -2.58. The normalized spacial score (nSPS) is 17.2. The number of carbonyl (C=O) groups excluding carboxylic acids is 1. The van der Waals surface area contributed by atoms with Crippen molar-refractivity contribution < 1.29 is 23.0 Å². The van der Waals surface area contributed by atoms with Crippen LogP contribution >= 0.6 is 0 Å². The van der Waals surface area contributed by atoms with E-state index in [0.717, 1.165) is 6.42 Å². The number of benzene rings is 1. The summed E-state index contributed by atoms with van der Waals surface area (Å²) in [7, 11) is 3.09. The van der Waals surface area contributed by atoms with E-state index >= 15 is 0 Å². The van der Waals surface area contributed by atoms with Crippen LogP contribution in [-0.2, 0) is 11.3 Å². The van der Waals surface area contributed by atoms with Gasteiger partial charge in [0.1, 0.15) is 11.5 Å². The molecule has 0 aliphatic carbocycles. The summed E-state index contributed by atoms with van der Waals surface area (Å²) >= 11 is 0. The number of hydrogen-bond acceptors (Lipinski definition) is 4. The lowest BCUT2D eigenvalue weighted by Crippen LogP contribution is -2.45. The molecule has 9 heteroatoms. The lowest BCUT2D eigenvalue weighted by atomic mass is 10.2. The standard InChI is InChI=1S/C19H28F2N4O3/c1-12(2)17(26)25-8-7-14(11-25)24-19(22-3)23-10-13-5-6-15(27-4)9-16(13)28-18(20)21/h5-6,9,12,14,18H,7-8,10-11H2,1-4H3,(H2,22,23,24). The largest absolute Gasteiger partial charge is 0.497 e. The molecule has 0 radical (unpaired) electrons. The van der Waals surface area contributed by atoms with E-state index in [-0.39, 0.29) is 30.2 Å². The smallest absolute Gasteiger partial charge is 0.387 e. The fraction of sp³-hybridized carbons (Fsp3) is 0.579. The van der Waals surface area contributed by atoms with Crippen LogP contribution in [0.2, 0.25) is 0 Å². The highest BCUT2D eigenvalue weighted by Crippen LogP contribution is 2.26. The number of hydrogen-bond donors (Lipinski definition) is 2. The summed E-state index contributed by atoms with van der Waals surface area (Å²) in [6.07, 6.45) is 0.821. The Bertz CT molecular complexity index is 698. The van der Waals surface area contributed by atoms with Gasteiger partial charge in [-0.25, -0.2) is 0 Å². The minimum atomic E-state index is -2.92. The highest BCUT2D eigenvalue weighted by Gasteiger charge is 2.28. The minimum absolute atomic E-state index is 0.0282. The average Bonchev–Trinajstić information content (AvgIpc) is 3.12.